The van der Waals surface area contributed by atoms with Crippen molar-refractivity contribution in [2.45, 2.75) is 33.1 Å². The molecule has 1 N–H and O–H groups in total. The van der Waals surface area contributed by atoms with E-state index in [4.69, 9.17) is 5.11 Å². The number of rotatable bonds is 4. The smallest absolute Gasteiger partial charge is 0.346 e. The first-order valence-electron chi connectivity index (χ1n) is 4.46. The molecule has 0 amide bonds. The van der Waals surface area contributed by atoms with Crippen LogP contribution in [0.4, 0.5) is 4.39 Å². The van der Waals surface area contributed by atoms with E-state index >= 15 is 0 Å². The van der Waals surface area contributed by atoms with E-state index in [2.05, 4.69) is 5.10 Å². The molecule has 6 heteroatoms. The van der Waals surface area contributed by atoms with Crippen molar-refractivity contribution in [3.05, 3.63) is 16.3 Å². The van der Waals surface area contributed by atoms with E-state index in [1.54, 1.807) is 13.8 Å². The standard InChI is InChI=1S/C8H14FN3O2/c1-6(2)12-8(14)11(3-4-13)7(5-9)10-12/h6,13H,3-5H2,1-2H3. The lowest BCUT2D eigenvalue weighted by atomic mass is 10.4. The molecule has 1 rings (SSSR count). The number of hydrogen-bond acceptors (Lipinski definition) is 3. The number of aromatic nitrogens is 3. The SMILES string of the molecule is CC(C)n1nc(CF)n(CCO)c1=O. The number of nitrogens with zero attached hydrogens (tertiary/aromatic N) is 3. The minimum absolute atomic E-state index is 0.0674. The van der Waals surface area contributed by atoms with Gasteiger partial charge in [0.25, 0.3) is 0 Å². The molecule has 1 aromatic heterocycles. The molecule has 0 radical (unpaired) electrons. The van der Waals surface area contributed by atoms with Gasteiger partial charge in [-0.25, -0.2) is 13.9 Å². The Balaban J connectivity index is 3.19. The zero-order valence-electron chi connectivity index (χ0n) is 8.27. The Labute approximate surface area is 80.8 Å². The predicted molar refractivity (Wildman–Crippen MR) is 48.8 cm³/mol. The van der Waals surface area contributed by atoms with Crippen molar-refractivity contribution >= 4 is 0 Å². The van der Waals surface area contributed by atoms with Gasteiger partial charge < -0.3 is 5.11 Å². The molecule has 0 atom stereocenters. The van der Waals surface area contributed by atoms with Gasteiger partial charge in [-0.2, -0.15) is 5.10 Å². The van der Waals surface area contributed by atoms with E-state index in [0.29, 0.717) is 0 Å². The van der Waals surface area contributed by atoms with Gasteiger partial charge in [0.2, 0.25) is 0 Å². The summed E-state index contributed by atoms with van der Waals surface area (Å²) in [6.07, 6.45) is 0. The van der Waals surface area contributed by atoms with Crippen LogP contribution in [0.5, 0.6) is 0 Å². The van der Waals surface area contributed by atoms with Crippen LogP contribution in [0.25, 0.3) is 0 Å². The third-order valence-corrected chi connectivity index (χ3v) is 1.89. The van der Waals surface area contributed by atoms with E-state index in [9.17, 15) is 9.18 Å². The molecule has 0 aliphatic heterocycles. The highest BCUT2D eigenvalue weighted by Gasteiger charge is 2.13. The van der Waals surface area contributed by atoms with E-state index in [0.717, 1.165) is 4.57 Å². The Morgan fingerprint density at radius 1 is 1.57 bits per heavy atom. The molecule has 0 saturated carbocycles. The van der Waals surface area contributed by atoms with Crippen molar-refractivity contribution < 1.29 is 9.50 Å². The van der Waals surface area contributed by atoms with Crippen LogP contribution in [-0.4, -0.2) is 26.1 Å². The Morgan fingerprint density at radius 3 is 2.64 bits per heavy atom. The van der Waals surface area contributed by atoms with Gasteiger partial charge in [-0.05, 0) is 13.8 Å². The van der Waals surface area contributed by atoms with Crippen molar-refractivity contribution in [1.82, 2.24) is 14.3 Å². The van der Waals surface area contributed by atoms with Gasteiger partial charge in [0, 0.05) is 0 Å². The van der Waals surface area contributed by atoms with Crippen molar-refractivity contribution in [2.75, 3.05) is 6.61 Å². The van der Waals surface area contributed by atoms with Crippen molar-refractivity contribution in [3.8, 4) is 0 Å². The third-order valence-electron chi connectivity index (χ3n) is 1.89. The Kier molecular flexibility index (Phi) is 3.40. The van der Waals surface area contributed by atoms with Crippen molar-refractivity contribution in [2.24, 2.45) is 0 Å². The summed E-state index contributed by atoms with van der Waals surface area (Å²) < 4.78 is 14.8. The number of alkyl halides is 1. The van der Waals surface area contributed by atoms with Gasteiger partial charge in [-0.15, -0.1) is 0 Å². The third kappa shape index (κ3) is 1.84. The van der Waals surface area contributed by atoms with Gasteiger partial charge >= 0.3 is 5.69 Å². The van der Waals surface area contributed by atoms with Gasteiger partial charge in [-0.3, -0.25) is 4.57 Å². The Morgan fingerprint density at radius 2 is 2.21 bits per heavy atom. The summed E-state index contributed by atoms with van der Waals surface area (Å²) in [5.41, 5.74) is -0.373. The number of hydrogen-bond donors (Lipinski definition) is 1. The van der Waals surface area contributed by atoms with Crippen LogP contribution < -0.4 is 5.69 Å². The van der Waals surface area contributed by atoms with Crippen LogP contribution >= 0.6 is 0 Å². The maximum atomic E-state index is 12.4. The highest BCUT2D eigenvalue weighted by molar-refractivity contribution is 4.86. The Hall–Kier alpha value is -1.17. The number of aliphatic hydroxyl groups is 1. The van der Waals surface area contributed by atoms with E-state index in [1.165, 1.54) is 4.68 Å². The molecule has 0 saturated heterocycles. The molecule has 80 valence electrons. The Bertz CT molecular complexity index is 356. The molecule has 1 aromatic rings. The van der Waals surface area contributed by atoms with Crippen LogP contribution in [0.1, 0.15) is 25.7 Å². The summed E-state index contributed by atoms with van der Waals surface area (Å²) in [5, 5.41) is 12.5. The van der Waals surface area contributed by atoms with Crippen molar-refractivity contribution in [1.29, 1.82) is 0 Å². The lowest BCUT2D eigenvalue weighted by Gasteiger charge is -2.01. The van der Waals surface area contributed by atoms with Gasteiger partial charge in [0.15, 0.2) is 5.82 Å². The highest BCUT2D eigenvalue weighted by Crippen LogP contribution is 2.01. The topological polar surface area (TPSA) is 60.1 Å². The first-order valence-corrected chi connectivity index (χ1v) is 4.46. The summed E-state index contributed by atoms with van der Waals surface area (Å²) in [4.78, 5) is 11.6. The summed E-state index contributed by atoms with van der Waals surface area (Å²) in [7, 11) is 0. The molecule has 5 nitrogen and oxygen atoms in total. The molecule has 1 heterocycles. The molecule has 14 heavy (non-hydrogen) atoms. The quantitative estimate of drug-likeness (QED) is 0.754. The molecular weight excluding hydrogens is 189 g/mol. The molecule has 0 unspecified atom stereocenters. The number of halogens is 1. The molecular formula is C8H14FN3O2. The van der Waals surface area contributed by atoms with Crippen LogP contribution in [-0.2, 0) is 13.2 Å². The maximum Gasteiger partial charge on any atom is 0.346 e. The fourth-order valence-corrected chi connectivity index (χ4v) is 1.22. The summed E-state index contributed by atoms with van der Waals surface area (Å²) in [6, 6.07) is -0.104. The van der Waals surface area contributed by atoms with Crippen LogP contribution in [0.3, 0.4) is 0 Å². The van der Waals surface area contributed by atoms with Crippen LogP contribution in [0, 0.1) is 0 Å². The summed E-state index contributed by atoms with van der Waals surface area (Å²) in [5.74, 6) is 0.0674. The fraction of sp³-hybridized carbons (Fsp3) is 0.750. The van der Waals surface area contributed by atoms with E-state index < -0.39 is 6.67 Å². The molecule has 0 aliphatic carbocycles. The zero-order chi connectivity index (χ0) is 10.7. The summed E-state index contributed by atoms with van der Waals surface area (Å²) >= 11 is 0. The second kappa shape index (κ2) is 4.36. The first-order chi connectivity index (χ1) is 6.61. The average Bonchev–Trinajstić information content (AvgIpc) is 2.45. The first kappa shape index (κ1) is 10.9. The molecule has 0 bridgehead atoms. The van der Waals surface area contributed by atoms with Crippen LogP contribution in [0.2, 0.25) is 0 Å². The second-order valence-corrected chi connectivity index (χ2v) is 3.25. The minimum Gasteiger partial charge on any atom is -0.395 e. The van der Waals surface area contributed by atoms with E-state index in [-0.39, 0.29) is 30.7 Å². The van der Waals surface area contributed by atoms with Gasteiger partial charge in [0.1, 0.15) is 6.67 Å². The van der Waals surface area contributed by atoms with Gasteiger partial charge in [0.05, 0.1) is 19.2 Å². The fourth-order valence-electron chi connectivity index (χ4n) is 1.22. The monoisotopic (exact) mass is 203 g/mol. The molecule has 0 fully saturated rings. The van der Waals surface area contributed by atoms with Crippen molar-refractivity contribution in [3.63, 3.8) is 0 Å². The summed E-state index contributed by atoms with van der Waals surface area (Å²) in [6.45, 7) is 2.68. The average molecular weight is 203 g/mol. The molecule has 0 aromatic carbocycles. The maximum absolute atomic E-state index is 12.4. The zero-order valence-corrected chi connectivity index (χ0v) is 8.27. The predicted octanol–water partition coefficient (Wildman–Crippen LogP) is 0.0875. The second-order valence-electron chi connectivity index (χ2n) is 3.25. The minimum atomic E-state index is -0.797. The molecule has 0 aliphatic rings. The lowest BCUT2D eigenvalue weighted by Crippen LogP contribution is -2.27. The van der Waals surface area contributed by atoms with Gasteiger partial charge in [-0.1, -0.05) is 0 Å². The normalized spacial score (nSPS) is 11.2. The highest BCUT2D eigenvalue weighted by atomic mass is 19.1. The largest absolute Gasteiger partial charge is 0.395 e. The lowest BCUT2D eigenvalue weighted by molar-refractivity contribution is 0.269. The van der Waals surface area contributed by atoms with E-state index in [1.807, 2.05) is 0 Å². The molecule has 0 spiro atoms. The van der Waals surface area contributed by atoms with Crippen LogP contribution in [0.15, 0.2) is 4.79 Å². The number of aliphatic hydroxyl groups excluding tert-OH is 1.